The van der Waals surface area contributed by atoms with E-state index in [0.29, 0.717) is 33.8 Å². The fourth-order valence-corrected chi connectivity index (χ4v) is 9.50. The van der Waals surface area contributed by atoms with Gasteiger partial charge in [0.1, 0.15) is 23.5 Å². The molecule has 6 rings (SSSR count). The second kappa shape index (κ2) is 12.2. The quantitative estimate of drug-likeness (QED) is 0.188. The van der Waals surface area contributed by atoms with Gasteiger partial charge >= 0.3 is 6.03 Å². The number of hydrogen-bond donors (Lipinski definition) is 7. The number of aliphatic hydroxyl groups is 3. The number of rotatable bonds is 6. The van der Waals surface area contributed by atoms with Gasteiger partial charge in [-0.3, -0.25) is 14.4 Å². The molecule has 50 heavy (non-hydrogen) atoms. The SMILES string of the molecule is COc1ccc(NC(=O)Nc2ccc(-c3ccc(O)c4c3C[C@]3(C)C[C@]5(C)[C@@H](C(C)C)C(O)[C@@H](C(N)=O)C(=O)[C@]5(O)C(O)[C@H]3C4=O)cc2)cc1. The number of primary amides is 1. The normalized spacial score (nSPS) is 31.7. The van der Waals surface area contributed by atoms with E-state index in [-0.39, 0.29) is 30.1 Å². The summed E-state index contributed by atoms with van der Waals surface area (Å²) in [6.07, 6.45) is -3.23. The average molecular weight is 686 g/mol. The number of fused-ring (bicyclic) bond motifs is 3. The van der Waals surface area contributed by atoms with Crippen molar-refractivity contribution in [2.75, 3.05) is 17.7 Å². The summed E-state index contributed by atoms with van der Waals surface area (Å²) in [5.41, 5.74) is 3.42. The van der Waals surface area contributed by atoms with Crippen LogP contribution in [0.5, 0.6) is 11.5 Å². The highest BCUT2D eigenvalue weighted by atomic mass is 16.5. The van der Waals surface area contributed by atoms with Gasteiger partial charge in [0.05, 0.1) is 24.7 Å². The van der Waals surface area contributed by atoms with Crippen molar-refractivity contribution in [3.63, 3.8) is 0 Å². The average Bonchev–Trinajstić information content (AvgIpc) is 3.03. The van der Waals surface area contributed by atoms with E-state index in [2.05, 4.69) is 10.6 Å². The maximum Gasteiger partial charge on any atom is 0.323 e. The van der Waals surface area contributed by atoms with E-state index in [1.165, 1.54) is 6.07 Å². The number of phenols is 1. The molecule has 0 radical (unpaired) electrons. The number of nitrogens with one attached hydrogen (secondary N) is 2. The molecule has 264 valence electrons. The second-order valence-electron chi connectivity index (χ2n) is 14.9. The van der Waals surface area contributed by atoms with Gasteiger partial charge in [0.25, 0.3) is 0 Å². The van der Waals surface area contributed by atoms with Crippen molar-refractivity contribution in [3.05, 3.63) is 71.8 Å². The highest BCUT2D eigenvalue weighted by Crippen LogP contribution is 2.66. The van der Waals surface area contributed by atoms with Crippen LogP contribution < -0.4 is 21.1 Å². The van der Waals surface area contributed by atoms with E-state index >= 15 is 0 Å². The molecule has 8 atom stereocenters. The van der Waals surface area contributed by atoms with E-state index in [1.54, 1.807) is 82.5 Å². The minimum absolute atomic E-state index is 0.0209. The van der Waals surface area contributed by atoms with Crippen LogP contribution in [-0.4, -0.2) is 68.8 Å². The highest BCUT2D eigenvalue weighted by Gasteiger charge is 2.75. The van der Waals surface area contributed by atoms with Crippen LogP contribution in [0.25, 0.3) is 11.1 Å². The Labute approximate surface area is 289 Å². The molecular formula is C38H43N3O9. The predicted molar refractivity (Wildman–Crippen MR) is 185 cm³/mol. The number of benzene rings is 3. The molecule has 2 fully saturated rings. The van der Waals surface area contributed by atoms with Gasteiger partial charge in [0.15, 0.2) is 17.2 Å². The van der Waals surface area contributed by atoms with Crippen molar-refractivity contribution >= 4 is 34.9 Å². The molecule has 0 heterocycles. The number of methoxy groups -OCH3 is 1. The number of urea groups is 1. The van der Waals surface area contributed by atoms with Crippen molar-refractivity contribution in [1.29, 1.82) is 0 Å². The van der Waals surface area contributed by atoms with E-state index in [0.717, 1.165) is 0 Å². The van der Waals surface area contributed by atoms with E-state index in [9.17, 15) is 39.6 Å². The molecule has 0 aliphatic heterocycles. The lowest BCUT2D eigenvalue weighted by atomic mass is 9.39. The molecule has 12 heteroatoms. The first kappa shape index (κ1) is 35.1. The standard InChI is InChI=1S/C38H43N3O9/c1-18(2)28-31(44)27(34(39)47)32(45)38(49)33(46)29-30(43)26-24(16-36(29,3)17-37(28,38)4)23(14-15-25(26)42)19-6-8-20(9-7-19)40-35(48)41-21-10-12-22(50-5)13-11-21/h6-15,18,27-29,31,33,42,44,46,49H,16-17H2,1-5H3,(H2,39,47)(H2,40,41,48)/t27-,28+,29-,31?,33?,36-,37-,38+/m1/s1. The number of anilines is 2. The molecule has 0 bridgehead atoms. The third-order valence-electron chi connectivity index (χ3n) is 11.5. The number of ether oxygens (including phenoxy) is 1. The van der Waals surface area contributed by atoms with Gasteiger partial charge in [-0.15, -0.1) is 0 Å². The number of carbonyl (C=O) groups excluding carboxylic acids is 4. The molecule has 3 aromatic rings. The maximum atomic E-state index is 14.4. The van der Waals surface area contributed by atoms with E-state index in [4.69, 9.17) is 10.5 Å². The Bertz CT molecular complexity index is 1880. The Hall–Kier alpha value is -4.78. The summed E-state index contributed by atoms with van der Waals surface area (Å²) in [7, 11) is 1.55. The Morgan fingerprint density at radius 1 is 0.940 bits per heavy atom. The van der Waals surface area contributed by atoms with Crippen LogP contribution in [0.3, 0.4) is 0 Å². The first-order valence-electron chi connectivity index (χ1n) is 16.6. The summed E-state index contributed by atoms with van der Waals surface area (Å²) in [6.45, 7) is 7.03. The van der Waals surface area contributed by atoms with Crippen LogP contribution in [0.4, 0.5) is 16.2 Å². The minimum Gasteiger partial charge on any atom is -0.507 e. The predicted octanol–water partition coefficient (Wildman–Crippen LogP) is 3.89. The van der Waals surface area contributed by atoms with Crippen LogP contribution in [0, 0.1) is 34.5 Å². The maximum absolute atomic E-state index is 14.4. The first-order valence-corrected chi connectivity index (χ1v) is 16.6. The summed E-state index contributed by atoms with van der Waals surface area (Å²) in [6, 6.07) is 16.5. The van der Waals surface area contributed by atoms with Gasteiger partial charge in [-0.2, -0.15) is 0 Å². The fraction of sp³-hybridized carbons (Fsp3) is 0.421. The molecule has 0 aromatic heterocycles. The van der Waals surface area contributed by atoms with Crippen LogP contribution in [0.2, 0.25) is 0 Å². The molecule has 3 amide bonds. The minimum atomic E-state index is -2.58. The molecule has 8 N–H and O–H groups in total. The lowest BCUT2D eigenvalue weighted by molar-refractivity contribution is -0.265. The van der Waals surface area contributed by atoms with Gasteiger partial charge in [0.2, 0.25) is 5.91 Å². The van der Waals surface area contributed by atoms with Crippen molar-refractivity contribution in [1.82, 2.24) is 0 Å². The van der Waals surface area contributed by atoms with Gasteiger partial charge in [0, 0.05) is 16.8 Å². The molecule has 3 aromatic carbocycles. The number of hydrogen-bond acceptors (Lipinski definition) is 9. The number of ketones is 2. The molecule has 12 nitrogen and oxygen atoms in total. The zero-order valence-corrected chi connectivity index (χ0v) is 28.6. The fourth-order valence-electron chi connectivity index (χ4n) is 9.50. The zero-order valence-electron chi connectivity index (χ0n) is 28.6. The molecule has 3 aliphatic carbocycles. The lowest BCUT2D eigenvalue weighted by Crippen LogP contribution is -2.79. The van der Waals surface area contributed by atoms with Gasteiger partial charge < -0.3 is 41.5 Å². The summed E-state index contributed by atoms with van der Waals surface area (Å²) in [5.74, 6) is -6.78. The molecule has 0 spiro atoms. The summed E-state index contributed by atoms with van der Waals surface area (Å²) >= 11 is 0. The Kier molecular flexibility index (Phi) is 8.57. The second-order valence-corrected chi connectivity index (χ2v) is 14.9. The third-order valence-corrected chi connectivity index (χ3v) is 11.5. The Morgan fingerprint density at radius 2 is 1.52 bits per heavy atom. The lowest BCUT2D eigenvalue weighted by Gasteiger charge is -2.66. The summed E-state index contributed by atoms with van der Waals surface area (Å²) < 4.78 is 5.14. The van der Waals surface area contributed by atoms with Gasteiger partial charge in [-0.1, -0.05) is 45.9 Å². The smallest absolute Gasteiger partial charge is 0.323 e. The number of amides is 3. The van der Waals surface area contributed by atoms with E-state index in [1.807, 2.05) is 6.92 Å². The van der Waals surface area contributed by atoms with Crippen LogP contribution in [0.1, 0.15) is 50.0 Å². The molecule has 2 unspecified atom stereocenters. The topological polar surface area (TPSA) is 209 Å². The Balaban J connectivity index is 1.35. The van der Waals surface area contributed by atoms with Crippen molar-refractivity contribution in [2.24, 2.45) is 40.2 Å². The largest absolute Gasteiger partial charge is 0.507 e. The number of phenolic OH excluding ortho intramolecular Hbond substituents is 1. The number of aliphatic hydroxyl groups excluding tert-OH is 2. The Morgan fingerprint density at radius 3 is 2.06 bits per heavy atom. The zero-order chi connectivity index (χ0) is 36.5. The molecule has 3 aliphatic rings. The van der Waals surface area contributed by atoms with Gasteiger partial charge in [-0.05, 0) is 89.2 Å². The molecular weight excluding hydrogens is 642 g/mol. The van der Waals surface area contributed by atoms with Crippen molar-refractivity contribution in [2.45, 2.75) is 58.3 Å². The highest BCUT2D eigenvalue weighted by molar-refractivity contribution is 6.10. The number of carbonyl (C=O) groups is 4. The number of nitrogens with two attached hydrogens (primary N) is 1. The summed E-state index contributed by atoms with van der Waals surface area (Å²) in [4.78, 5) is 53.4. The van der Waals surface area contributed by atoms with Crippen LogP contribution in [-0.2, 0) is 16.0 Å². The summed E-state index contributed by atoms with van der Waals surface area (Å²) in [5, 5.41) is 52.2. The van der Waals surface area contributed by atoms with Crippen molar-refractivity contribution < 1.29 is 44.3 Å². The molecule has 0 saturated heterocycles. The monoisotopic (exact) mass is 685 g/mol. The number of aromatic hydroxyl groups is 1. The number of Topliss-reactive ketones (excluding diaryl/α,β-unsaturated/α-hetero) is 2. The van der Waals surface area contributed by atoms with Crippen molar-refractivity contribution in [3.8, 4) is 22.6 Å². The van der Waals surface area contributed by atoms with E-state index < -0.39 is 69.9 Å². The third kappa shape index (κ3) is 5.16. The first-order chi connectivity index (χ1) is 23.5. The van der Waals surface area contributed by atoms with Crippen LogP contribution in [0.15, 0.2) is 60.7 Å². The van der Waals surface area contributed by atoms with Gasteiger partial charge in [-0.25, -0.2) is 4.79 Å². The molecule has 2 saturated carbocycles. The van der Waals surface area contributed by atoms with Crippen LogP contribution >= 0.6 is 0 Å².